The minimum absolute atomic E-state index is 0.118. The lowest BCUT2D eigenvalue weighted by molar-refractivity contribution is -0.150. The molecule has 8 heteroatoms. The van der Waals surface area contributed by atoms with Gasteiger partial charge in [-0.25, -0.2) is 4.79 Å². The monoisotopic (exact) mass is 350 g/mol. The Labute approximate surface area is 145 Å². The molecule has 0 radical (unpaired) electrons. The lowest BCUT2D eigenvalue weighted by Crippen LogP contribution is -2.39. The molecule has 8 nitrogen and oxygen atoms in total. The van der Waals surface area contributed by atoms with E-state index in [1.807, 2.05) is 6.92 Å². The summed E-state index contributed by atoms with van der Waals surface area (Å²) >= 11 is 0. The maximum atomic E-state index is 11.5. The highest BCUT2D eigenvalue weighted by atomic mass is 16.6. The Morgan fingerprint density at radius 3 is 2.48 bits per heavy atom. The van der Waals surface area contributed by atoms with Crippen LogP contribution in [-0.4, -0.2) is 49.9 Å². The molecule has 1 aromatic rings. The summed E-state index contributed by atoms with van der Waals surface area (Å²) in [7, 11) is 0. The summed E-state index contributed by atoms with van der Waals surface area (Å²) in [5.74, 6) is -1.40. The van der Waals surface area contributed by atoms with E-state index in [1.165, 1.54) is 13.0 Å². The second-order valence-electron chi connectivity index (χ2n) is 5.16. The van der Waals surface area contributed by atoms with Crippen molar-refractivity contribution in [3.8, 4) is 5.75 Å². The smallest absolute Gasteiger partial charge is 0.344 e. The van der Waals surface area contributed by atoms with E-state index in [4.69, 9.17) is 9.47 Å². The van der Waals surface area contributed by atoms with Crippen molar-refractivity contribution in [1.29, 1.82) is 0 Å². The van der Waals surface area contributed by atoms with E-state index in [0.29, 0.717) is 17.9 Å². The number of ether oxygens (including phenoxy) is 2. The largest absolute Gasteiger partial charge is 0.482 e. The topological polar surface area (TPSA) is 111 Å². The zero-order valence-electron chi connectivity index (χ0n) is 14.3. The Morgan fingerprint density at radius 1 is 1.04 bits per heavy atom. The van der Waals surface area contributed by atoms with E-state index in [9.17, 15) is 19.2 Å². The minimum Gasteiger partial charge on any atom is -0.482 e. The number of amides is 2. The first-order valence-corrected chi connectivity index (χ1v) is 7.85. The molecule has 0 aromatic heterocycles. The maximum absolute atomic E-state index is 11.5. The molecule has 0 heterocycles. The van der Waals surface area contributed by atoms with Gasteiger partial charge in [-0.1, -0.05) is 19.1 Å². The normalized spacial score (nSPS) is 9.84. The van der Waals surface area contributed by atoms with Gasteiger partial charge in [0.05, 0.1) is 6.54 Å². The van der Waals surface area contributed by atoms with Crippen molar-refractivity contribution >= 4 is 23.6 Å². The summed E-state index contributed by atoms with van der Waals surface area (Å²) < 4.78 is 9.95. The number of carbonyl (C=O) groups is 4. The van der Waals surface area contributed by atoms with Crippen LogP contribution in [-0.2, 0) is 19.1 Å². The van der Waals surface area contributed by atoms with Crippen molar-refractivity contribution in [2.45, 2.75) is 20.3 Å². The number of nitrogens with one attached hydrogen (secondary N) is 2. The maximum Gasteiger partial charge on any atom is 0.344 e. The molecule has 2 amide bonds. The fourth-order valence-electron chi connectivity index (χ4n) is 1.69. The molecule has 0 fully saturated rings. The van der Waals surface area contributed by atoms with Crippen molar-refractivity contribution in [1.82, 2.24) is 10.6 Å². The number of hydrogen-bond donors (Lipinski definition) is 2. The van der Waals surface area contributed by atoms with Crippen molar-refractivity contribution in [2.24, 2.45) is 0 Å². The van der Waals surface area contributed by atoms with Gasteiger partial charge >= 0.3 is 5.97 Å². The molecular weight excluding hydrogens is 328 g/mol. The van der Waals surface area contributed by atoms with Gasteiger partial charge < -0.3 is 20.1 Å². The van der Waals surface area contributed by atoms with Crippen molar-refractivity contribution in [2.75, 3.05) is 26.3 Å². The van der Waals surface area contributed by atoms with Crippen molar-refractivity contribution < 1.29 is 28.7 Å². The summed E-state index contributed by atoms with van der Waals surface area (Å²) in [5, 5.41) is 4.93. The minimum atomic E-state index is -0.737. The number of rotatable bonds is 10. The molecule has 136 valence electrons. The Balaban J connectivity index is 2.26. The predicted octanol–water partition coefficient (Wildman–Crippen LogP) is 0.454. The highest BCUT2D eigenvalue weighted by Gasteiger charge is 2.10. The number of hydrogen-bond acceptors (Lipinski definition) is 6. The van der Waals surface area contributed by atoms with Crippen LogP contribution in [0.3, 0.4) is 0 Å². The average Bonchev–Trinajstić information content (AvgIpc) is 2.61. The van der Waals surface area contributed by atoms with Gasteiger partial charge in [0.2, 0.25) is 5.91 Å². The van der Waals surface area contributed by atoms with Gasteiger partial charge in [0, 0.05) is 12.1 Å². The van der Waals surface area contributed by atoms with Gasteiger partial charge in [-0.05, 0) is 25.5 Å². The van der Waals surface area contributed by atoms with Crippen LogP contribution < -0.4 is 15.4 Å². The fraction of sp³-hybridized carbons (Fsp3) is 0.412. The summed E-state index contributed by atoms with van der Waals surface area (Å²) in [6.07, 6.45) is 0.798. The zero-order chi connectivity index (χ0) is 18.7. The van der Waals surface area contributed by atoms with Crippen LogP contribution in [0.5, 0.6) is 5.75 Å². The Bertz CT molecular complexity index is 629. The number of benzene rings is 1. The molecule has 2 N–H and O–H groups in total. The van der Waals surface area contributed by atoms with E-state index >= 15 is 0 Å². The quantitative estimate of drug-likeness (QED) is 0.468. The molecule has 0 aliphatic carbocycles. The molecule has 0 saturated carbocycles. The van der Waals surface area contributed by atoms with Crippen molar-refractivity contribution in [3.05, 3.63) is 29.8 Å². The molecule has 1 aromatic carbocycles. The van der Waals surface area contributed by atoms with E-state index < -0.39 is 25.1 Å². The molecule has 0 saturated heterocycles. The van der Waals surface area contributed by atoms with Gasteiger partial charge in [0.1, 0.15) is 5.75 Å². The SMILES string of the molecule is CCCNC(=O)CNC(=O)COC(=O)COc1cccc(C(C)=O)c1. The number of esters is 1. The van der Waals surface area contributed by atoms with Crippen LogP contribution in [0, 0.1) is 0 Å². The van der Waals surface area contributed by atoms with Crippen LogP contribution in [0.25, 0.3) is 0 Å². The van der Waals surface area contributed by atoms with Crippen LogP contribution in [0.2, 0.25) is 0 Å². The molecule has 0 atom stereocenters. The van der Waals surface area contributed by atoms with Gasteiger partial charge in [0.15, 0.2) is 19.0 Å². The average molecular weight is 350 g/mol. The third kappa shape index (κ3) is 8.50. The number of Topliss-reactive ketones (excluding diaryl/α,β-unsaturated/α-hetero) is 1. The van der Waals surface area contributed by atoms with E-state index in [-0.39, 0.29) is 18.2 Å². The summed E-state index contributed by atoms with van der Waals surface area (Å²) in [6, 6.07) is 6.38. The third-order valence-corrected chi connectivity index (χ3v) is 2.98. The second kappa shape index (κ2) is 10.8. The summed E-state index contributed by atoms with van der Waals surface area (Å²) in [5.41, 5.74) is 0.464. The predicted molar refractivity (Wildman–Crippen MR) is 89.2 cm³/mol. The molecule has 0 aliphatic heterocycles. The third-order valence-electron chi connectivity index (χ3n) is 2.98. The Hall–Kier alpha value is -2.90. The summed E-state index contributed by atoms with van der Waals surface area (Å²) in [6.45, 7) is 2.80. The Morgan fingerprint density at radius 2 is 1.80 bits per heavy atom. The van der Waals surface area contributed by atoms with E-state index in [1.54, 1.807) is 18.2 Å². The molecule has 0 aliphatic rings. The van der Waals surface area contributed by atoms with Crippen LogP contribution >= 0.6 is 0 Å². The highest BCUT2D eigenvalue weighted by molar-refractivity contribution is 5.94. The zero-order valence-corrected chi connectivity index (χ0v) is 14.3. The van der Waals surface area contributed by atoms with Crippen LogP contribution in [0.4, 0.5) is 0 Å². The van der Waals surface area contributed by atoms with Gasteiger partial charge in [0.25, 0.3) is 5.91 Å². The molecule has 0 spiro atoms. The lowest BCUT2D eigenvalue weighted by Gasteiger charge is -2.08. The summed E-state index contributed by atoms with van der Waals surface area (Å²) in [4.78, 5) is 45.6. The van der Waals surface area contributed by atoms with Crippen LogP contribution in [0.1, 0.15) is 30.6 Å². The fourth-order valence-corrected chi connectivity index (χ4v) is 1.69. The van der Waals surface area contributed by atoms with Crippen LogP contribution in [0.15, 0.2) is 24.3 Å². The standard InChI is InChI=1S/C17H22N2O6/c1-3-7-18-15(21)9-19-16(22)10-25-17(23)11-24-14-6-4-5-13(8-14)12(2)20/h4-6,8H,3,7,9-11H2,1-2H3,(H,18,21)(H,19,22). The molecule has 0 unspecified atom stereocenters. The Kier molecular flexibility index (Phi) is 8.70. The number of ketones is 1. The lowest BCUT2D eigenvalue weighted by atomic mass is 10.1. The first-order valence-electron chi connectivity index (χ1n) is 7.85. The van der Waals surface area contributed by atoms with Gasteiger partial charge in [-0.2, -0.15) is 0 Å². The van der Waals surface area contributed by atoms with Gasteiger partial charge in [-0.15, -0.1) is 0 Å². The number of carbonyl (C=O) groups excluding carboxylic acids is 4. The second-order valence-corrected chi connectivity index (χ2v) is 5.16. The molecule has 1 rings (SSSR count). The highest BCUT2D eigenvalue weighted by Crippen LogP contribution is 2.13. The first kappa shape index (κ1) is 20.1. The van der Waals surface area contributed by atoms with Gasteiger partial charge in [-0.3, -0.25) is 14.4 Å². The molecule has 25 heavy (non-hydrogen) atoms. The van der Waals surface area contributed by atoms with E-state index in [0.717, 1.165) is 6.42 Å². The first-order chi connectivity index (χ1) is 11.9. The molecule has 0 bridgehead atoms. The molecular formula is C17H22N2O6. The van der Waals surface area contributed by atoms with Crippen molar-refractivity contribution in [3.63, 3.8) is 0 Å². The van der Waals surface area contributed by atoms with E-state index in [2.05, 4.69) is 10.6 Å².